The molecule has 2 amide bonds. The maximum atomic E-state index is 14.5. The number of pyridine rings is 2. The van der Waals surface area contributed by atoms with E-state index in [0.717, 1.165) is 15.8 Å². The Morgan fingerprint density at radius 2 is 1.75 bits per heavy atom. The molecule has 0 radical (unpaired) electrons. The van der Waals surface area contributed by atoms with Gasteiger partial charge in [0.15, 0.2) is 6.29 Å². The Morgan fingerprint density at radius 1 is 1.09 bits per heavy atom. The van der Waals surface area contributed by atoms with Crippen LogP contribution < -0.4 is 10.9 Å². The number of anilines is 1. The van der Waals surface area contributed by atoms with Crippen LogP contribution in [0.5, 0.6) is 0 Å². The van der Waals surface area contributed by atoms with E-state index in [1.165, 1.54) is 6.92 Å². The van der Waals surface area contributed by atoms with Gasteiger partial charge in [-0.2, -0.15) is 0 Å². The van der Waals surface area contributed by atoms with Crippen molar-refractivity contribution in [1.29, 1.82) is 0 Å². The number of nitrogens with one attached hydrogen (secondary N) is 2. The number of aliphatic hydroxyl groups is 1. The molecule has 2 unspecified atom stereocenters. The van der Waals surface area contributed by atoms with Gasteiger partial charge in [-0.3, -0.25) is 10.1 Å². The lowest BCUT2D eigenvalue weighted by atomic mass is 9.88. The van der Waals surface area contributed by atoms with Crippen LogP contribution in [0.4, 0.5) is 15.3 Å². The molecule has 2 aliphatic heterocycles. The third-order valence-electron chi connectivity index (χ3n) is 9.87. The molecule has 56 heavy (non-hydrogen) atoms. The smallest absolute Gasteiger partial charge is 0.412 e. The zero-order valence-corrected chi connectivity index (χ0v) is 35.1. The van der Waals surface area contributed by atoms with Gasteiger partial charge in [0, 0.05) is 40.1 Å². The number of hydrogen-bond acceptors (Lipinski definition) is 10. The molecule has 1 aromatic carbocycles. The van der Waals surface area contributed by atoms with Crippen molar-refractivity contribution in [1.82, 2.24) is 14.6 Å². The van der Waals surface area contributed by atoms with Crippen LogP contribution in [-0.2, 0) is 42.5 Å². The minimum absolute atomic E-state index is 0.128. The molecule has 14 nitrogen and oxygen atoms in total. The molecule has 4 heterocycles. The average Bonchev–Trinajstić information content (AvgIpc) is 3.44. The lowest BCUT2D eigenvalue weighted by Crippen LogP contribution is -2.48. The van der Waals surface area contributed by atoms with Gasteiger partial charge in [0.2, 0.25) is 0 Å². The number of nitrogens with zero attached hydrogens (tertiary/aromatic N) is 3. The number of amides is 2. The molecule has 5 rings (SSSR count). The molecule has 3 aromatic rings. The second kappa shape index (κ2) is 15.4. The van der Waals surface area contributed by atoms with Crippen molar-refractivity contribution in [3.8, 4) is 23.2 Å². The molecular weight excluding hydrogens is 739 g/mol. The summed E-state index contributed by atoms with van der Waals surface area (Å²) in [6.45, 7) is 18.1. The highest BCUT2D eigenvalue weighted by Gasteiger charge is 2.50. The molecule has 15 heteroatoms. The fraction of sp³-hybridized carbons (Fsp3) is 0.537. The summed E-state index contributed by atoms with van der Waals surface area (Å²) in [5.41, 5.74) is -0.792. The van der Waals surface area contributed by atoms with Gasteiger partial charge in [0.1, 0.15) is 17.8 Å². The van der Waals surface area contributed by atoms with Crippen molar-refractivity contribution in [2.45, 2.75) is 122 Å². The summed E-state index contributed by atoms with van der Waals surface area (Å²) >= 11 is 0. The van der Waals surface area contributed by atoms with Crippen molar-refractivity contribution >= 4 is 44.8 Å². The number of benzene rings is 1. The average molecular weight is 793 g/mol. The number of carbonyl (C=O) groups is 3. The zero-order chi connectivity index (χ0) is 41.7. The number of aliphatic hydroxyl groups excluding tert-OH is 1. The van der Waals surface area contributed by atoms with Crippen LogP contribution in [0.3, 0.4) is 0 Å². The number of hydrogen-bond donors (Lipinski definition) is 2. The fourth-order valence-electron chi connectivity index (χ4n) is 6.95. The molecule has 0 fully saturated rings. The number of fused-ring (bicyclic) bond motifs is 5. The summed E-state index contributed by atoms with van der Waals surface area (Å²) in [7, 11) is -1.61. The molecule has 3 atom stereocenters. The summed E-state index contributed by atoms with van der Waals surface area (Å²) in [6, 6.07) is 7.17. The van der Waals surface area contributed by atoms with Crippen LogP contribution in [0.25, 0.3) is 28.1 Å². The second-order valence-electron chi connectivity index (χ2n) is 16.9. The molecule has 2 aliphatic rings. The number of aromatic nitrogens is 2. The molecule has 2 aromatic heterocycles. The van der Waals surface area contributed by atoms with Gasteiger partial charge in [0.25, 0.3) is 11.2 Å². The largest absolute Gasteiger partial charge is 0.578 e. The Morgan fingerprint density at radius 3 is 2.36 bits per heavy atom. The van der Waals surface area contributed by atoms with Gasteiger partial charge in [-0.1, -0.05) is 26.7 Å². The number of esters is 1. The van der Waals surface area contributed by atoms with Gasteiger partial charge >= 0.3 is 18.2 Å². The van der Waals surface area contributed by atoms with E-state index in [4.69, 9.17) is 29.8 Å². The third kappa shape index (κ3) is 8.39. The fourth-order valence-corrected chi connectivity index (χ4v) is 10.2. The summed E-state index contributed by atoms with van der Waals surface area (Å²) in [4.78, 5) is 59.5. The highest BCUT2D eigenvalue weighted by molar-refractivity contribution is 8.33. The summed E-state index contributed by atoms with van der Waals surface area (Å²) in [6.07, 6.45) is 1.02. The molecule has 0 bridgehead atoms. The summed E-state index contributed by atoms with van der Waals surface area (Å²) < 4.78 is 23.9. The zero-order valence-electron chi connectivity index (χ0n) is 34.3. The predicted octanol–water partition coefficient (Wildman–Crippen LogP) is 7.44. The van der Waals surface area contributed by atoms with E-state index in [1.54, 1.807) is 58.2 Å². The Labute approximate surface area is 329 Å². The number of rotatable bonds is 9. The lowest BCUT2D eigenvalue weighted by Gasteiger charge is -2.42. The minimum atomic E-state index is -2.20. The Hall–Kier alpha value is -4.62. The topological polar surface area (TPSA) is 182 Å². The van der Waals surface area contributed by atoms with E-state index in [-0.39, 0.29) is 42.5 Å². The van der Waals surface area contributed by atoms with E-state index >= 15 is 0 Å². The van der Waals surface area contributed by atoms with E-state index in [1.807, 2.05) is 12.1 Å². The minimum Gasteiger partial charge on any atom is -0.578 e. The second-order valence-corrected chi connectivity index (χ2v) is 20.9. The normalized spacial score (nSPS) is 17.8. The highest BCUT2D eigenvalue weighted by atomic mass is 32.3. The van der Waals surface area contributed by atoms with Gasteiger partial charge in [-0.15, -0.1) is 5.92 Å². The SMILES string of the molecule is CC#C[C@@]1(OC(O)CCN([NH-])C(=O)OC(C)(C)C)C(=O)OCc2c1cc1n(c2=O)Cc2c-1nc1ccc(NC(=O)OC(C)(C)C)cc1c2S(C)(C)C(C)C(C)C. The van der Waals surface area contributed by atoms with E-state index < -0.39 is 56.8 Å². The van der Waals surface area contributed by atoms with Gasteiger partial charge in [-0.25, -0.2) is 29.4 Å². The van der Waals surface area contributed by atoms with E-state index in [2.05, 4.69) is 50.4 Å². The molecule has 304 valence electrons. The van der Waals surface area contributed by atoms with Crippen molar-refractivity contribution in [2.24, 2.45) is 5.92 Å². The monoisotopic (exact) mass is 792 g/mol. The van der Waals surface area contributed by atoms with Crippen LogP contribution in [0.15, 0.2) is 34.0 Å². The predicted molar refractivity (Wildman–Crippen MR) is 216 cm³/mol. The molecule has 0 aliphatic carbocycles. The quantitative estimate of drug-likeness (QED) is 0.0568. The highest BCUT2D eigenvalue weighted by Crippen LogP contribution is 2.61. The van der Waals surface area contributed by atoms with Crippen molar-refractivity contribution in [3.05, 3.63) is 57.2 Å². The molecule has 3 N–H and O–H groups in total. The van der Waals surface area contributed by atoms with Crippen molar-refractivity contribution in [2.75, 3.05) is 24.4 Å². The maximum Gasteiger partial charge on any atom is 0.412 e. The molecule has 0 spiro atoms. The van der Waals surface area contributed by atoms with E-state index in [0.29, 0.717) is 33.5 Å². The van der Waals surface area contributed by atoms with Crippen LogP contribution in [0.2, 0.25) is 0 Å². The molecule has 0 saturated heterocycles. The number of carbonyl (C=O) groups excluding carboxylic acids is 3. The number of cyclic esters (lactones) is 1. The van der Waals surface area contributed by atoms with Gasteiger partial charge in [-0.05, 0) is 96.4 Å². The van der Waals surface area contributed by atoms with Gasteiger partial charge < -0.3 is 39.5 Å². The first kappa shape index (κ1) is 42.5. The third-order valence-corrected chi connectivity index (χ3v) is 13.8. The summed E-state index contributed by atoms with van der Waals surface area (Å²) in [5.74, 6) is 13.0. The molecule has 0 saturated carbocycles. The first-order chi connectivity index (χ1) is 25.9. The van der Waals surface area contributed by atoms with Gasteiger partial charge in [0.05, 0.1) is 29.0 Å². The first-order valence-electron chi connectivity index (χ1n) is 18.6. The first-order valence-corrected chi connectivity index (χ1v) is 21.1. The van der Waals surface area contributed by atoms with Crippen LogP contribution in [0, 0.1) is 17.8 Å². The molecular formula is C41H54N5O9S-. The van der Waals surface area contributed by atoms with Crippen LogP contribution in [0.1, 0.15) is 92.3 Å². The van der Waals surface area contributed by atoms with Crippen LogP contribution >= 0.6 is 10.0 Å². The standard InChI is InChI=1S/C41H54N5O9S/c1-13-17-41(53-32(47)16-18-46(42)38(51)55-40(8,9)10)29-20-31-33-27(21-45(31)35(48)28(29)22-52-36(41)49)34(56(11,12)24(4)23(2)3)26-19-25(14-15-30(26)44-33)43-37(50)54-39(5,6)7/h14-15,19-20,23-24,32,42,47H,16,18,21-22H2,1-12H3,(H,43,50)/q-1/t24?,32?,41-/m0/s1. The van der Waals surface area contributed by atoms with Crippen molar-refractivity contribution < 1.29 is 38.4 Å². The Balaban J connectivity index is 1.64. The van der Waals surface area contributed by atoms with Crippen molar-refractivity contribution in [3.63, 3.8) is 0 Å². The number of ether oxygens (including phenoxy) is 4. The lowest BCUT2D eigenvalue weighted by molar-refractivity contribution is -0.205. The van der Waals surface area contributed by atoms with Crippen LogP contribution in [-0.4, -0.2) is 79.6 Å². The van der Waals surface area contributed by atoms with E-state index in [9.17, 15) is 24.3 Å². The maximum absolute atomic E-state index is 14.5. The Kier molecular flexibility index (Phi) is 11.7. The summed E-state index contributed by atoms with van der Waals surface area (Å²) in [5, 5.41) is 15.6. The Bertz CT molecular complexity index is 2190.